The first-order valence-corrected chi connectivity index (χ1v) is 14.7. The van der Waals surface area contributed by atoms with Crippen molar-refractivity contribution in [2.24, 2.45) is 0 Å². The van der Waals surface area contributed by atoms with Crippen molar-refractivity contribution in [3.8, 4) is 5.75 Å². The summed E-state index contributed by atoms with van der Waals surface area (Å²) in [5.74, 6) is -0.679. The largest absolute Gasteiger partial charge is 0.495 e. The number of nitrogens with zero attached hydrogens (tertiary/aromatic N) is 2. The third-order valence-electron chi connectivity index (χ3n) is 6.50. The molecule has 0 aliphatic rings. The number of carbonyl (C=O) groups is 2. The molecule has 1 unspecified atom stereocenters. The van der Waals surface area contributed by atoms with E-state index >= 15 is 0 Å². The van der Waals surface area contributed by atoms with E-state index in [9.17, 15) is 18.0 Å². The number of nitrogens with one attached hydrogen (secondary N) is 1. The molecule has 10 heteroatoms. The normalized spacial score (nSPS) is 12.1. The molecule has 1 N–H and O–H groups in total. The summed E-state index contributed by atoms with van der Waals surface area (Å²) in [6.45, 7) is 8.60. The lowest BCUT2D eigenvalue weighted by molar-refractivity contribution is -0.139. The second-order valence-electron chi connectivity index (χ2n) is 9.93. The summed E-state index contributed by atoms with van der Waals surface area (Å²) < 4.78 is 34.5. The minimum absolute atomic E-state index is 0.00369. The van der Waals surface area contributed by atoms with Crippen molar-refractivity contribution >= 4 is 39.1 Å². The molecule has 0 spiro atoms. The number of carbonyl (C=O) groups excluding carboxylic acids is 2. The first-order valence-electron chi connectivity index (χ1n) is 12.9. The molecule has 214 valence electrons. The van der Waals surface area contributed by atoms with Crippen molar-refractivity contribution in [1.82, 2.24) is 10.2 Å². The van der Waals surface area contributed by atoms with Crippen LogP contribution in [0, 0.1) is 13.8 Å². The van der Waals surface area contributed by atoms with Gasteiger partial charge in [0.05, 0.1) is 17.7 Å². The van der Waals surface area contributed by atoms with E-state index in [0.29, 0.717) is 0 Å². The maximum Gasteiger partial charge on any atom is 0.264 e. The molecule has 0 saturated heterocycles. The standard InChI is InChI=1S/C30H36ClN3O5S/c1-20(2)32-30(36)23(5)33(18-24-10-8-7-9-22(24)4)29(35)19-34(27-17-25(31)13-16-28(27)39-6)40(37,38)26-14-11-21(3)12-15-26/h7-17,20,23H,18-19H2,1-6H3,(H,32,36). The molecule has 3 aromatic carbocycles. The summed E-state index contributed by atoms with van der Waals surface area (Å²) in [6.07, 6.45) is 0. The smallest absolute Gasteiger partial charge is 0.264 e. The van der Waals surface area contributed by atoms with Gasteiger partial charge in [-0.05, 0) is 76.1 Å². The zero-order valence-electron chi connectivity index (χ0n) is 23.6. The number of amides is 2. The fraction of sp³-hybridized carbons (Fsp3) is 0.333. The van der Waals surface area contributed by atoms with Crippen LogP contribution in [-0.4, -0.2) is 50.9 Å². The number of hydrogen-bond donors (Lipinski definition) is 1. The molecule has 0 fully saturated rings. The predicted octanol–water partition coefficient (Wildman–Crippen LogP) is 5.10. The molecule has 3 rings (SSSR count). The minimum atomic E-state index is -4.25. The molecule has 0 bridgehead atoms. The van der Waals surface area contributed by atoms with E-state index in [2.05, 4.69) is 5.32 Å². The van der Waals surface area contributed by atoms with Gasteiger partial charge in [-0.2, -0.15) is 0 Å². The first-order chi connectivity index (χ1) is 18.8. The van der Waals surface area contributed by atoms with Gasteiger partial charge >= 0.3 is 0 Å². The average Bonchev–Trinajstić information content (AvgIpc) is 2.90. The predicted molar refractivity (Wildman–Crippen MR) is 158 cm³/mol. The third-order valence-corrected chi connectivity index (χ3v) is 8.51. The van der Waals surface area contributed by atoms with Crippen molar-refractivity contribution in [3.05, 3.63) is 88.4 Å². The number of rotatable bonds is 11. The highest BCUT2D eigenvalue weighted by molar-refractivity contribution is 7.92. The van der Waals surface area contributed by atoms with Crippen molar-refractivity contribution in [3.63, 3.8) is 0 Å². The number of benzene rings is 3. The highest BCUT2D eigenvalue weighted by atomic mass is 35.5. The summed E-state index contributed by atoms with van der Waals surface area (Å²) in [7, 11) is -2.84. The Kier molecular flexibility index (Phi) is 10.2. The Morgan fingerprint density at radius 3 is 2.23 bits per heavy atom. The van der Waals surface area contributed by atoms with Gasteiger partial charge < -0.3 is 15.0 Å². The molecule has 3 aromatic rings. The SMILES string of the molecule is COc1ccc(Cl)cc1N(CC(=O)N(Cc1ccccc1C)C(C)C(=O)NC(C)C)S(=O)(=O)c1ccc(C)cc1. The minimum Gasteiger partial charge on any atom is -0.495 e. The Balaban J connectivity index is 2.12. The topological polar surface area (TPSA) is 96.0 Å². The number of hydrogen-bond acceptors (Lipinski definition) is 5. The van der Waals surface area contributed by atoms with E-state index in [1.54, 1.807) is 31.2 Å². The zero-order chi connectivity index (χ0) is 29.6. The zero-order valence-corrected chi connectivity index (χ0v) is 25.2. The van der Waals surface area contributed by atoms with Gasteiger partial charge in [-0.1, -0.05) is 53.6 Å². The lowest BCUT2D eigenvalue weighted by Crippen LogP contribution is -2.52. The summed E-state index contributed by atoms with van der Waals surface area (Å²) in [4.78, 5) is 28.5. The van der Waals surface area contributed by atoms with Gasteiger partial charge in [-0.15, -0.1) is 0 Å². The van der Waals surface area contributed by atoms with Gasteiger partial charge in [-0.25, -0.2) is 8.42 Å². The molecule has 1 atom stereocenters. The van der Waals surface area contributed by atoms with Crippen LogP contribution in [0.4, 0.5) is 5.69 Å². The summed E-state index contributed by atoms with van der Waals surface area (Å²) >= 11 is 6.27. The second-order valence-corrected chi connectivity index (χ2v) is 12.2. The fourth-order valence-electron chi connectivity index (χ4n) is 4.17. The van der Waals surface area contributed by atoms with Gasteiger partial charge in [0.2, 0.25) is 11.8 Å². The van der Waals surface area contributed by atoms with E-state index in [0.717, 1.165) is 21.0 Å². The Hall–Kier alpha value is -3.56. The van der Waals surface area contributed by atoms with E-state index in [1.165, 1.54) is 30.2 Å². The van der Waals surface area contributed by atoms with Crippen LogP contribution in [0.5, 0.6) is 5.75 Å². The van der Waals surface area contributed by atoms with E-state index in [-0.39, 0.29) is 39.8 Å². The molecule has 8 nitrogen and oxygen atoms in total. The molecule has 40 heavy (non-hydrogen) atoms. The quantitative estimate of drug-likeness (QED) is 0.338. The Morgan fingerprint density at radius 1 is 0.975 bits per heavy atom. The molecule has 0 aliphatic heterocycles. The lowest BCUT2D eigenvalue weighted by atomic mass is 10.1. The number of halogens is 1. The van der Waals surface area contributed by atoms with Crippen molar-refractivity contribution < 1.29 is 22.7 Å². The van der Waals surface area contributed by atoms with Gasteiger partial charge in [0.1, 0.15) is 18.3 Å². The van der Waals surface area contributed by atoms with Crippen LogP contribution < -0.4 is 14.4 Å². The van der Waals surface area contributed by atoms with Gasteiger partial charge in [0.15, 0.2) is 0 Å². The summed E-state index contributed by atoms with van der Waals surface area (Å²) in [5.41, 5.74) is 2.78. The fourth-order valence-corrected chi connectivity index (χ4v) is 5.75. The molecule has 0 saturated carbocycles. The number of methoxy groups -OCH3 is 1. The molecule has 0 aromatic heterocycles. The highest BCUT2D eigenvalue weighted by Gasteiger charge is 2.34. The Morgan fingerprint density at radius 2 is 1.62 bits per heavy atom. The van der Waals surface area contributed by atoms with Crippen LogP contribution in [0.3, 0.4) is 0 Å². The van der Waals surface area contributed by atoms with Gasteiger partial charge in [0, 0.05) is 17.6 Å². The molecule has 0 heterocycles. The van der Waals surface area contributed by atoms with Crippen molar-refractivity contribution in [2.75, 3.05) is 18.0 Å². The first kappa shape index (κ1) is 31.0. The van der Waals surface area contributed by atoms with Crippen molar-refractivity contribution in [2.45, 2.75) is 58.1 Å². The molecule has 2 amide bonds. The van der Waals surface area contributed by atoms with E-state index in [1.807, 2.05) is 52.0 Å². The Bertz CT molecular complexity index is 1460. The van der Waals surface area contributed by atoms with Gasteiger partial charge in [0.25, 0.3) is 10.0 Å². The molecule has 0 radical (unpaired) electrons. The molecular formula is C30H36ClN3O5S. The lowest BCUT2D eigenvalue weighted by Gasteiger charge is -2.33. The Labute approximate surface area is 241 Å². The maximum atomic E-state index is 14.1. The monoisotopic (exact) mass is 585 g/mol. The van der Waals surface area contributed by atoms with Crippen LogP contribution in [0.2, 0.25) is 5.02 Å². The number of sulfonamides is 1. The van der Waals surface area contributed by atoms with E-state index < -0.39 is 28.5 Å². The average molecular weight is 586 g/mol. The highest BCUT2D eigenvalue weighted by Crippen LogP contribution is 2.35. The van der Waals surface area contributed by atoms with Crippen LogP contribution in [0.1, 0.15) is 37.5 Å². The number of ether oxygens (including phenoxy) is 1. The van der Waals surface area contributed by atoms with Crippen LogP contribution in [0.15, 0.2) is 71.6 Å². The number of anilines is 1. The third kappa shape index (κ3) is 7.34. The second kappa shape index (κ2) is 13.2. The van der Waals surface area contributed by atoms with Gasteiger partial charge in [-0.3, -0.25) is 13.9 Å². The van der Waals surface area contributed by atoms with Crippen LogP contribution in [0.25, 0.3) is 0 Å². The summed E-state index contributed by atoms with van der Waals surface area (Å²) in [5, 5.41) is 3.12. The van der Waals surface area contributed by atoms with Crippen LogP contribution >= 0.6 is 11.6 Å². The van der Waals surface area contributed by atoms with E-state index in [4.69, 9.17) is 16.3 Å². The molecular weight excluding hydrogens is 550 g/mol. The van der Waals surface area contributed by atoms with Crippen LogP contribution in [-0.2, 0) is 26.2 Å². The maximum absolute atomic E-state index is 14.1. The molecule has 0 aliphatic carbocycles. The number of aryl methyl sites for hydroxylation is 2. The van der Waals surface area contributed by atoms with Crippen molar-refractivity contribution in [1.29, 1.82) is 0 Å². The summed E-state index contributed by atoms with van der Waals surface area (Å²) in [6, 6.07) is 17.4.